The molecule has 0 bridgehead atoms. The first-order chi connectivity index (χ1) is 16.3. The van der Waals surface area contributed by atoms with Gasteiger partial charge in [-0.1, -0.05) is 25.8 Å². The number of likely N-dealkylation sites (N-methyl/N-ethyl adjacent to an activating group) is 1. The van der Waals surface area contributed by atoms with E-state index < -0.39 is 15.8 Å². The molecular weight excluding hydrogens is 479 g/mol. The summed E-state index contributed by atoms with van der Waals surface area (Å²) in [6, 6.07) is 9.73. The first-order valence-electron chi connectivity index (χ1n) is 10.9. The first kappa shape index (κ1) is 25.8. The first-order valence-corrected chi connectivity index (χ1v) is 13.2. The van der Waals surface area contributed by atoms with E-state index in [1.54, 1.807) is 38.3 Å². The standard InChI is InChI=1S/C24H27FN2O5S2/c1-4-6-7-14-32-20-13-8-17(15-21(20)31-3)16-22-23(28)27(5-2)24(33-22)26-34(29,30)19-11-9-18(25)10-12-19/h8-13,15-16H,4-7,14H2,1-3H3/b22-16-,26-24+. The highest BCUT2D eigenvalue weighted by Crippen LogP contribution is 2.35. The fraction of sp³-hybridized carbons (Fsp3) is 0.333. The van der Waals surface area contributed by atoms with Crippen molar-refractivity contribution in [2.24, 2.45) is 4.40 Å². The summed E-state index contributed by atoms with van der Waals surface area (Å²) in [5.41, 5.74) is 0.701. The number of carbonyl (C=O) groups excluding carboxylic acids is 1. The minimum atomic E-state index is -4.11. The summed E-state index contributed by atoms with van der Waals surface area (Å²) < 4.78 is 53.6. The number of ether oxygens (including phenoxy) is 2. The number of thioether (sulfide) groups is 1. The number of sulfonamides is 1. The lowest BCUT2D eigenvalue weighted by Gasteiger charge is -2.12. The molecule has 0 N–H and O–H groups in total. The van der Waals surface area contributed by atoms with Gasteiger partial charge in [-0.2, -0.15) is 8.42 Å². The molecule has 1 heterocycles. The molecule has 1 aliphatic heterocycles. The molecule has 0 spiro atoms. The van der Waals surface area contributed by atoms with Gasteiger partial charge in [0.25, 0.3) is 15.9 Å². The van der Waals surface area contributed by atoms with Gasteiger partial charge >= 0.3 is 0 Å². The van der Waals surface area contributed by atoms with E-state index in [4.69, 9.17) is 9.47 Å². The van der Waals surface area contributed by atoms with Gasteiger partial charge in [0.2, 0.25) is 0 Å². The van der Waals surface area contributed by atoms with Crippen molar-refractivity contribution in [2.45, 2.75) is 38.0 Å². The second kappa shape index (κ2) is 11.5. The second-order valence-corrected chi connectivity index (χ2v) is 10.0. The Morgan fingerprint density at radius 2 is 1.82 bits per heavy atom. The molecule has 0 radical (unpaired) electrons. The summed E-state index contributed by atoms with van der Waals surface area (Å²) in [6.07, 6.45) is 4.79. The van der Waals surface area contributed by atoms with Crippen molar-refractivity contribution >= 4 is 38.9 Å². The monoisotopic (exact) mass is 506 g/mol. The van der Waals surface area contributed by atoms with Crippen molar-refractivity contribution < 1.29 is 27.1 Å². The maximum atomic E-state index is 13.2. The van der Waals surface area contributed by atoms with Crippen LogP contribution in [-0.4, -0.2) is 44.7 Å². The van der Waals surface area contributed by atoms with Crippen LogP contribution < -0.4 is 9.47 Å². The van der Waals surface area contributed by atoms with E-state index in [-0.39, 0.29) is 22.5 Å². The van der Waals surface area contributed by atoms with E-state index in [1.807, 2.05) is 0 Å². The van der Waals surface area contributed by atoms with Crippen LogP contribution in [0.5, 0.6) is 11.5 Å². The molecular formula is C24H27FN2O5S2. The van der Waals surface area contributed by atoms with Gasteiger partial charge in [0.1, 0.15) is 5.82 Å². The number of unbranched alkanes of at least 4 members (excludes halogenated alkanes) is 2. The molecule has 0 aliphatic carbocycles. The summed E-state index contributed by atoms with van der Waals surface area (Å²) in [5, 5.41) is 0.0471. The molecule has 2 aromatic rings. The largest absolute Gasteiger partial charge is 0.493 e. The van der Waals surface area contributed by atoms with Crippen molar-refractivity contribution in [1.29, 1.82) is 0 Å². The Labute approximate surface area is 203 Å². The number of hydrogen-bond acceptors (Lipinski definition) is 6. The topological polar surface area (TPSA) is 85.3 Å². The summed E-state index contributed by atoms with van der Waals surface area (Å²) in [5.74, 6) is 0.264. The Hall–Kier alpha value is -2.85. The van der Waals surface area contributed by atoms with Gasteiger partial charge in [-0.3, -0.25) is 9.69 Å². The van der Waals surface area contributed by atoms with Gasteiger partial charge in [-0.25, -0.2) is 4.39 Å². The third kappa shape index (κ3) is 6.18. The lowest BCUT2D eigenvalue weighted by molar-refractivity contribution is -0.122. The highest BCUT2D eigenvalue weighted by atomic mass is 32.2. The average molecular weight is 507 g/mol. The number of methoxy groups -OCH3 is 1. The minimum absolute atomic E-state index is 0.0471. The van der Waals surface area contributed by atoms with Gasteiger partial charge in [-0.15, -0.1) is 4.40 Å². The van der Waals surface area contributed by atoms with Crippen LogP contribution in [0.4, 0.5) is 4.39 Å². The van der Waals surface area contributed by atoms with Crippen molar-refractivity contribution in [3.63, 3.8) is 0 Å². The van der Waals surface area contributed by atoms with Crippen molar-refractivity contribution in [3.8, 4) is 11.5 Å². The van der Waals surface area contributed by atoms with Crippen molar-refractivity contribution in [3.05, 3.63) is 58.8 Å². The van der Waals surface area contributed by atoms with Gasteiger partial charge in [-0.05, 0) is 73.1 Å². The Kier molecular flexibility index (Phi) is 8.73. The van der Waals surface area contributed by atoms with E-state index in [9.17, 15) is 17.6 Å². The van der Waals surface area contributed by atoms with Crippen LogP contribution in [-0.2, 0) is 14.8 Å². The summed E-state index contributed by atoms with van der Waals surface area (Å²) >= 11 is 0.970. The fourth-order valence-electron chi connectivity index (χ4n) is 3.20. The summed E-state index contributed by atoms with van der Waals surface area (Å²) in [6.45, 7) is 4.69. The lowest BCUT2D eigenvalue weighted by Crippen LogP contribution is -2.29. The molecule has 10 heteroatoms. The Balaban J connectivity index is 1.85. The van der Waals surface area contributed by atoms with E-state index in [2.05, 4.69) is 11.3 Å². The van der Waals surface area contributed by atoms with Gasteiger partial charge in [0, 0.05) is 6.54 Å². The number of rotatable bonds is 10. The molecule has 0 saturated carbocycles. The predicted octanol–water partition coefficient (Wildman–Crippen LogP) is 5.08. The molecule has 0 unspecified atom stereocenters. The van der Waals surface area contributed by atoms with E-state index in [1.165, 1.54) is 4.90 Å². The highest BCUT2D eigenvalue weighted by molar-refractivity contribution is 8.19. The Bertz CT molecular complexity index is 1190. The number of hydrogen-bond donors (Lipinski definition) is 0. The zero-order valence-corrected chi connectivity index (χ0v) is 20.9. The molecule has 1 aliphatic rings. The number of amidine groups is 1. The summed E-state index contributed by atoms with van der Waals surface area (Å²) in [4.78, 5) is 14.4. The van der Waals surface area contributed by atoms with Crippen LogP contribution in [0.3, 0.4) is 0 Å². The fourth-order valence-corrected chi connectivity index (χ4v) is 5.44. The van der Waals surface area contributed by atoms with Crippen LogP contribution in [0.25, 0.3) is 6.08 Å². The number of halogens is 1. The lowest BCUT2D eigenvalue weighted by atomic mass is 10.2. The van der Waals surface area contributed by atoms with Gasteiger partial charge < -0.3 is 9.47 Å². The third-order valence-corrected chi connectivity index (χ3v) is 7.41. The highest BCUT2D eigenvalue weighted by Gasteiger charge is 2.34. The van der Waals surface area contributed by atoms with Gasteiger partial charge in [0.15, 0.2) is 16.7 Å². The van der Waals surface area contributed by atoms with E-state index >= 15 is 0 Å². The van der Waals surface area contributed by atoms with Crippen LogP contribution in [0.15, 0.2) is 56.7 Å². The second-order valence-electron chi connectivity index (χ2n) is 7.43. The molecule has 1 fully saturated rings. The molecule has 1 amide bonds. The number of nitrogens with zero attached hydrogens (tertiary/aromatic N) is 2. The number of carbonyl (C=O) groups is 1. The van der Waals surface area contributed by atoms with Gasteiger partial charge in [0.05, 0.1) is 23.5 Å². The molecule has 182 valence electrons. The predicted molar refractivity (Wildman–Crippen MR) is 132 cm³/mol. The average Bonchev–Trinajstić information content (AvgIpc) is 3.10. The van der Waals surface area contributed by atoms with Crippen LogP contribution >= 0.6 is 11.8 Å². The maximum Gasteiger partial charge on any atom is 0.284 e. The van der Waals surface area contributed by atoms with E-state index in [0.717, 1.165) is 55.3 Å². The SMILES string of the molecule is CCCCCOc1ccc(/C=C2\S/C(=N/S(=O)(=O)c3ccc(F)cc3)N(CC)C2=O)cc1OC. The molecule has 7 nitrogen and oxygen atoms in total. The molecule has 34 heavy (non-hydrogen) atoms. The number of benzene rings is 2. The maximum absolute atomic E-state index is 13.2. The molecule has 0 atom stereocenters. The zero-order chi connectivity index (χ0) is 24.7. The van der Waals surface area contributed by atoms with Crippen molar-refractivity contribution in [1.82, 2.24) is 4.90 Å². The zero-order valence-electron chi connectivity index (χ0n) is 19.3. The van der Waals surface area contributed by atoms with E-state index in [0.29, 0.717) is 28.6 Å². The molecule has 2 aromatic carbocycles. The Morgan fingerprint density at radius 1 is 1.09 bits per heavy atom. The van der Waals surface area contributed by atoms with Crippen LogP contribution in [0.1, 0.15) is 38.7 Å². The quantitative estimate of drug-likeness (QED) is 0.330. The van der Waals surface area contributed by atoms with Crippen LogP contribution in [0.2, 0.25) is 0 Å². The smallest absolute Gasteiger partial charge is 0.284 e. The van der Waals surface area contributed by atoms with Crippen LogP contribution in [0, 0.1) is 5.82 Å². The third-order valence-electron chi connectivity index (χ3n) is 5.00. The normalized spacial score (nSPS) is 16.5. The number of amides is 1. The molecule has 3 rings (SSSR count). The minimum Gasteiger partial charge on any atom is -0.493 e. The molecule has 0 aromatic heterocycles. The summed E-state index contributed by atoms with van der Waals surface area (Å²) in [7, 11) is -2.56. The Morgan fingerprint density at radius 3 is 2.47 bits per heavy atom. The van der Waals surface area contributed by atoms with Crippen molar-refractivity contribution in [2.75, 3.05) is 20.3 Å². The molecule has 1 saturated heterocycles.